The highest BCUT2D eigenvalue weighted by Crippen LogP contribution is 2.42. The lowest BCUT2D eigenvalue weighted by molar-refractivity contribution is 1.08. The molecule has 0 atom stereocenters. The average Bonchev–Trinajstić information content (AvgIpc) is 3.77. The molecule has 0 saturated heterocycles. The molecule has 8 aromatic carbocycles. The van der Waals surface area contributed by atoms with Gasteiger partial charge >= 0.3 is 0 Å². The van der Waals surface area contributed by atoms with Crippen LogP contribution in [0.25, 0.3) is 99.9 Å². The maximum atomic E-state index is 5.05. The third-order valence-electron chi connectivity index (χ3n) is 10.5. The minimum atomic E-state index is 0.647. The maximum Gasteiger partial charge on any atom is 0.164 e. The number of hydrogen-bond acceptors (Lipinski definition) is 3. The van der Waals surface area contributed by atoms with Crippen molar-refractivity contribution in [3.63, 3.8) is 0 Å². The fourth-order valence-electron chi connectivity index (χ4n) is 8.17. The van der Waals surface area contributed by atoms with Crippen LogP contribution in [0.15, 0.2) is 188 Å². The largest absolute Gasteiger partial charge is 0.309 e. The minimum Gasteiger partial charge on any atom is -0.309 e. The van der Waals surface area contributed by atoms with E-state index in [2.05, 4.69) is 137 Å². The predicted molar refractivity (Wildman–Crippen MR) is 222 cm³/mol. The van der Waals surface area contributed by atoms with Crippen molar-refractivity contribution in [2.75, 3.05) is 0 Å². The van der Waals surface area contributed by atoms with Crippen molar-refractivity contribution in [2.45, 2.75) is 0 Å². The van der Waals surface area contributed by atoms with Gasteiger partial charge in [-0.1, -0.05) is 146 Å². The van der Waals surface area contributed by atoms with Crippen molar-refractivity contribution in [3.05, 3.63) is 188 Å². The lowest BCUT2D eigenvalue weighted by Gasteiger charge is -2.13. The predicted octanol–water partition coefficient (Wildman–Crippen LogP) is 12.2. The van der Waals surface area contributed by atoms with E-state index in [4.69, 9.17) is 15.0 Å². The van der Waals surface area contributed by atoms with Crippen molar-refractivity contribution in [1.82, 2.24) is 24.1 Å². The zero-order chi connectivity index (χ0) is 35.6. The van der Waals surface area contributed by atoms with Gasteiger partial charge < -0.3 is 9.13 Å². The van der Waals surface area contributed by atoms with Crippen LogP contribution in [0.4, 0.5) is 0 Å². The van der Waals surface area contributed by atoms with Crippen molar-refractivity contribution in [3.8, 4) is 45.5 Å². The van der Waals surface area contributed by atoms with Crippen molar-refractivity contribution >= 4 is 54.4 Å². The van der Waals surface area contributed by atoms with Crippen molar-refractivity contribution in [2.24, 2.45) is 0 Å². The summed E-state index contributed by atoms with van der Waals surface area (Å²) >= 11 is 0. The van der Waals surface area contributed by atoms with Crippen LogP contribution in [0.5, 0.6) is 0 Å². The molecule has 0 unspecified atom stereocenters. The van der Waals surface area contributed by atoms with Gasteiger partial charge in [-0.05, 0) is 53.2 Å². The SMILES string of the molecule is c1ccc(-c2nc(-c3ccccc3)nc(-c3cccc4cc(-n5c6ccccc6c6c5ccc5c7ccccc7n(-c7ccccc7)c56)ccc34)n2)cc1. The normalized spacial score (nSPS) is 11.7. The first-order chi connectivity index (χ1) is 26.8. The number of fused-ring (bicyclic) bond motifs is 8. The van der Waals surface area contributed by atoms with Gasteiger partial charge in [0, 0.05) is 49.6 Å². The second kappa shape index (κ2) is 12.1. The summed E-state index contributed by atoms with van der Waals surface area (Å²) < 4.78 is 4.84. The highest BCUT2D eigenvalue weighted by molar-refractivity contribution is 6.26. The Morgan fingerprint density at radius 3 is 1.61 bits per heavy atom. The van der Waals surface area contributed by atoms with Gasteiger partial charge in [0.05, 0.1) is 22.1 Å². The van der Waals surface area contributed by atoms with Crippen LogP contribution in [0, 0.1) is 0 Å². The molecule has 3 aromatic heterocycles. The lowest BCUT2D eigenvalue weighted by Crippen LogP contribution is -2.00. The Morgan fingerprint density at radius 1 is 0.333 bits per heavy atom. The molecular formula is C49H31N5. The Balaban J connectivity index is 1.14. The molecule has 5 nitrogen and oxygen atoms in total. The highest BCUT2D eigenvalue weighted by Gasteiger charge is 2.21. The smallest absolute Gasteiger partial charge is 0.164 e. The van der Waals surface area contributed by atoms with Gasteiger partial charge in [-0.25, -0.2) is 15.0 Å². The van der Waals surface area contributed by atoms with Crippen LogP contribution in [0.1, 0.15) is 0 Å². The molecule has 0 aliphatic carbocycles. The molecular weight excluding hydrogens is 659 g/mol. The average molecular weight is 690 g/mol. The van der Waals surface area contributed by atoms with E-state index < -0.39 is 0 Å². The van der Waals surface area contributed by atoms with Gasteiger partial charge in [0.25, 0.3) is 0 Å². The third kappa shape index (κ3) is 4.69. The first-order valence-electron chi connectivity index (χ1n) is 18.2. The van der Waals surface area contributed by atoms with E-state index in [1.165, 1.54) is 32.6 Å². The maximum absolute atomic E-state index is 5.05. The van der Waals surface area contributed by atoms with E-state index in [-0.39, 0.29) is 0 Å². The quantitative estimate of drug-likeness (QED) is 0.181. The van der Waals surface area contributed by atoms with E-state index in [9.17, 15) is 0 Å². The molecule has 54 heavy (non-hydrogen) atoms. The molecule has 11 aromatic rings. The van der Waals surface area contributed by atoms with Crippen molar-refractivity contribution in [1.29, 1.82) is 0 Å². The number of aromatic nitrogens is 5. The van der Waals surface area contributed by atoms with E-state index in [0.717, 1.165) is 49.9 Å². The van der Waals surface area contributed by atoms with Crippen LogP contribution in [-0.2, 0) is 0 Å². The summed E-state index contributed by atoms with van der Waals surface area (Å²) in [6.07, 6.45) is 0. The molecule has 3 heterocycles. The molecule has 11 rings (SSSR count). The summed E-state index contributed by atoms with van der Waals surface area (Å²) in [5.41, 5.74) is 9.86. The van der Waals surface area contributed by atoms with Crippen LogP contribution >= 0.6 is 0 Å². The first-order valence-corrected chi connectivity index (χ1v) is 18.2. The van der Waals surface area contributed by atoms with E-state index in [0.29, 0.717) is 17.5 Å². The number of nitrogens with zero attached hydrogens (tertiary/aromatic N) is 5. The van der Waals surface area contributed by atoms with Crippen molar-refractivity contribution < 1.29 is 0 Å². The summed E-state index contributed by atoms with van der Waals surface area (Å²) in [6, 6.07) is 66.2. The number of benzene rings is 8. The van der Waals surface area contributed by atoms with Gasteiger partial charge in [-0.2, -0.15) is 0 Å². The van der Waals surface area contributed by atoms with Crippen LogP contribution in [0.2, 0.25) is 0 Å². The first kappa shape index (κ1) is 30.3. The fourth-order valence-corrected chi connectivity index (χ4v) is 8.17. The molecule has 0 aliphatic heterocycles. The molecule has 0 bridgehead atoms. The van der Waals surface area contributed by atoms with E-state index in [1.54, 1.807) is 0 Å². The zero-order valence-corrected chi connectivity index (χ0v) is 29.1. The Hall–Kier alpha value is -7.37. The summed E-state index contributed by atoms with van der Waals surface area (Å²) in [6.45, 7) is 0. The molecule has 0 amide bonds. The van der Waals surface area contributed by atoms with Crippen LogP contribution in [-0.4, -0.2) is 24.1 Å². The highest BCUT2D eigenvalue weighted by atomic mass is 15.0. The molecule has 0 spiro atoms. The Morgan fingerprint density at radius 2 is 0.907 bits per heavy atom. The summed E-state index contributed by atoms with van der Waals surface area (Å²) in [5, 5.41) is 7.15. The summed E-state index contributed by atoms with van der Waals surface area (Å²) in [5.74, 6) is 1.95. The third-order valence-corrected chi connectivity index (χ3v) is 10.5. The molecule has 5 heteroatoms. The summed E-state index contributed by atoms with van der Waals surface area (Å²) in [4.78, 5) is 15.0. The Kier molecular flexibility index (Phi) is 6.79. The number of hydrogen-bond donors (Lipinski definition) is 0. The number of para-hydroxylation sites is 3. The van der Waals surface area contributed by atoms with Gasteiger partial charge in [0.15, 0.2) is 17.5 Å². The van der Waals surface area contributed by atoms with Crippen LogP contribution in [0.3, 0.4) is 0 Å². The molecule has 0 fully saturated rings. The van der Waals surface area contributed by atoms with Gasteiger partial charge in [0.1, 0.15) is 0 Å². The second-order valence-electron chi connectivity index (χ2n) is 13.6. The van der Waals surface area contributed by atoms with Gasteiger partial charge in [-0.15, -0.1) is 0 Å². The molecule has 0 aliphatic rings. The molecule has 252 valence electrons. The standard InChI is InChI=1S/C49H31N5/c1-4-15-32(16-5-1)47-50-48(33-17-6-2-7-18-33)52-49(51-47)40-24-14-19-34-31-36(27-28-37(34)40)53-43-26-13-11-23-41(43)45-44(53)30-29-39-38-22-10-12-25-42(38)54(46(39)45)35-20-8-3-9-21-35/h1-31H. The van der Waals surface area contributed by atoms with E-state index >= 15 is 0 Å². The molecule has 0 saturated carbocycles. The summed E-state index contributed by atoms with van der Waals surface area (Å²) in [7, 11) is 0. The minimum absolute atomic E-state index is 0.647. The topological polar surface area (TPSA) is 48.5 Å². The fraction of sp³-hybridized carbons (Fsp3) is 0. The van der Waals surface area contributed by atoms with Gasteiger partial charge in [-0.3, -0.25) is 0 Å². The van der Waals surface area contributed by atoms with E-state index in [1.807, 2.05) is 60.7 Å². The molecule has 0 N–H and O–H groups in total. The lowest BCUT2D eigenvalue weighted by atomic mass is 10.0. The Bertz CT molecular complexity index is 3140. The van der Waals surface area contributed by atoms with Gasteiger partial charge in [0.2, 0.25) is 0 Å². The zero-order valence-electron chi connectivity index (χ0n) is 29.1. The second-order valence-corrected chi connectivity index (χ2v) is 13.6. The molecule has 0 radical (unpaired) electrons. The number of rotatable bonds is 5. The van der Waals surface area contributed by atoms with Crippen LogP contribution < -0.4 is 0 Å². The Labute approximate surface area is 311 Å². The monoisotopic (exact) mass is 689 g/mol.